The highest BCUT2D eigenvalue weighted by atomic mass is 35.5. The second-order valence-corrected chi connectivity index (χ2v) is 3.73. The largest absolute Gasteiger partial charge is 0.448 e. The lowest BCUT2D eigenvalue weighted by Crippen LogP contribution is -2.16. The van der Waals surface area contributed by atoms with Crippen LogP contribution in [0.5, 0.6) is 0 Å². The molecule has 0 saturated carbocycles. The Bertz CT molecular complexity index is 216. The monoisotopic (exact) mass is 314 g/mol. The topological polar surface area (TPSA) is 72.5 Å². The lowest BCUT2D eigenvalue weighted by atomic mass is 10.7. The van der Waals surface area contributed by atoms with Gasteiger partial charge in [0.25, 0.3) is 0 Å². The van der Waals surface area contributed by atoms with Crippen LogP contribution in [0, 0.1) is 0 Å². The summed E-state index contributed by atoms with van der Waals surface area (Å²) in [4.78, 5) is 10.8. The zero-order valence-corrected chi connectivity index (χ0v) is 12.6. The van der Waals surface area contributed by atoms with E-state index >= 15 is 0 Å². The van der Waals surface area contributed by atoms with Crippen LogP contribution in [0.3, 0.4) is 0 Å². The number of hydrogen-bond acceptors (Lipinski definition) is 7. The molecule has 0 fully saturated rings. The van der Waals surface area contributed by atoms with Crippen LogP contribution in [-0.4, -0.2) is 78.6 Å². The van der Waals surface area contributed by atoms with Crippen molar-refractivity contribution in [1.29, 1.82) is 0 Å². The Morgan fingerprint density at radius 2 is 1.25 bits per heavy atom. The van der Waals surface area contributed by atoms with Gasteiger partial charge >= 0.3 is 5.97 Å². The minimum Gasteiger partial charge on any atom is -0.448 e. The van der Waals surface area contributed by atoms with E-state index in [2.05, 4.69) is 4.74 Å². The molecule has 0 saturated heterocycles. The molecule has 20 heavy (non-hydrogen) atoms. The van der Waals surface area contributed by atoms with Gasteiger partial charge in [-0.3, -0.25) is 0 Å². The summed E-state index contributed by atoms with van der Waals surface area (Å²) in [6.45, 7) is 3.75. The Kier molecular flexibility index (Phi) is 16.2. The Morgan fingerprint density at radius 1 is 0.800 bits per heavy atom. The van der Waals surface area contributed by atoms with Crippen molar-refractivity contribution in [3.8, 4) is 0 Å². The summed E-state index contributed by atoms with van der Waals surface area (Å²) < 4.78 is 30.0. The zero-order chi connectivity index (χ0) is 14.9. The van der Waals surface area contributed by atoms with Crippen molar-refractivity contribution in [1.82, 2.24) is 0 Å². The summed E-state index contributed by atoms with van der Waals surface area (Å²) in [5.41, 5.74) is 0. The van der Waals surface area contributed by atoms with Gasteiger partial charge in [-0.15, -0.1) is 0 Å². The van der Waals surface area contributed by atoms with Crippen LogP contribution in [0.1, 0.15) is 0 Å². The number of ether oxygens (including phenoxy) is 6. The molecular formula is C12H23ClO7. The minimum absolute atomic E-state index is 0.120. The molecule has 0 aromatic heterocycles. The standard InChI is InChI=1S/C12H23ClO7/c1-15-2-3-16-4-5-17-6-7-18-8-9-19-10-12(14)20-11-13/h2-11H2,1H3. The lowest BCUT2D eigenvalue weighted by Gasteiger charge is -2.07. The van der Waals surface area contributed by atoms with Crippen LogP contribution in [0.2, 0.25) is 0 Å². The second-order valence-electron chi connectivity index (χ2n) is 3.51. The maximum Gasteiger partial charge on any atom is 0.333 e. The molecule has 0 radical (unpaired) electrons. The first-order chi connectivity index (χ1) is 9.81. The smallest absolute Gasteiger partial charge is 0.333 e. The first-order valence-electron chi connectivity index (χ1n) is 6.32. The average Bonchev–Trinajstić information content (AvgIpc) is 2.44. The number of alkyl halides is 1. The third kappa shape index (κ3) is 15.6. The number of carbonyl (C=O) groups excluding carboxylic acids is 1. The number of rotatable bonds is 15. The summed E-state index contributed by atoms with van der Waals surface area (Å²) in [6.07, 6.45) is 0. The highest BCUT2D eigenvalue weighted by Gasteiger charge is 2.00. The van der Waals surface area contributed by atoms with Crippen molar-refractivity contribution < 1.29 is 33.2 Å². The molecule has 0 N–H and O–H groups in total. The van der Waals surface area contributed by atoms with Crippen LogP contribution in [0.25, 0.3) is 0 Å². The molecule has 0 unspecified atom stereocenters. The van der Waals surface area contributed by atoms with E-state index in [-0.39, 0.29) is 12.7 Å². The molecule has 0 atom stereocenters. The second kappa shape index (κ2) is 16.6. The highest BCUT2D eigenvalue weighted by molar-refractivity contribution is 6.17. The van der Waals surface area contributed by atoms with E-state index in [1.807, 2.05) is 0 Å². The average molecular weight is 315 g/mol. The molecule has 0 aromatic rings. The van der Waals surface area contributed by atoms with Crippen LogP contribution < -0.4 is 0 Å². The van der Waals surface area contributed by atoms with Gasteiger partial charge in [0, 0.05) is 7.11 Å². The van der Waals surface area contributed by atoms with E-state index in [0.717, 1.165) is 0 Å². The van der Waals surface area contributed by atoms with Gasteiger partial charge in [0.15, 0.2) is 6.07 Å². The summed E-state index contributed by atoms with van der Waals surface area (Å²) >= 11 is 5.20. The van der Waals surface area contributed by atoms with E-state index in [9.17, 15) is 4.79 Å². The van der Waals surface area contributed by atoms with Crippen molar-refractivity contribution >= 4 is 17.6 Å². The van der Waals surface area contributed by atoms with E-state index in [4.69, 9.17) is 35.3 Å². The van der Waals surface area contributed by atoms with Crippen molar-refractivity contribution in [3.05, 3.63) is 0 Å². The summed E-state index contributed by atoms with van der Waals surface area (Å²) in [6, 6.07) is -0.161. The molecule has 0 aliphatic carbocycles. The van der Waals surface area contributed by atoms with Crippen LogP contribution in [0.4, 0.5) is 0 Å². The molecule has 0 amide bonds. The predicted octanol–water partition coefficient (Wildman–Crippen LogP) is 0.439. The van der Waals surface area contributed by atoms with Gasteiger partial charge in [0.1, 0.15) is 6.61 Å². The molecule has 120 valence electrons. The van der Waals surface area contributed by atoms with Gasteiger partial charge in [-0.05, 0) is 0 Å². The molecule has 0 spiro atoms. The summed E-state index contributed by atoms with van der Waals surface area (Å²) in [5, 5.41) is 0. The molecule has 8 heteroatoms. The normalized spacial score (nSPS) is 10.7. The van der Waals surface area contributed by atoms with Crippen LogP contribution >= 0.6 is 11.6 Å². The van der Waals surface area contributed by atoms with E-state index in [1.54, 1.807) is 7.11 Å². The third-order valence-corrected chi connectivity index (χ3v) is 2.09. The number of halogens is 1. The van der Waals surface area contributed by atoms with Crippen LogP contribution in [0.15, 0.2) is 0 Å². The third-order valence-electron chi connectivity index (χ3n) is 1.98. The Labute approximate surface area is 124 Å². The fraction of sp³-hybridized carbons (Fsp3) is 0.917. The SMILES string of the molecule is COCCOCCOCCOCCOCC(=O)OCCl. The summed E-state index contributed by atoms with van der Waals surface area (Å²) in [5.74, 6) is -0.489. The van der Waals surface area contributed by atoms with Crippen molar-refractivity contribution in [3.63, 3.8) is 0 Å². The fourth-order valence-corrected chi connectivity index (χ4v) is 1.18. The first kappa shape index (κ1) is 19.6. The molecule has 7 nitrogen and oxygen atoms in total. The molecule has 0 heterocycles. The van der Waals surface area contributed by atoms with E-state index in [1.165, 1.54) is 0 Å². The van der Waals surface area contributed by atoms with Gasteiger partial charge in [-0.25, -0.2) is 4.79 Å². The van der Waals surface area contributed by atoms with Crippen molar-refractivity contribution in [2.75, 3.05) is 72.6 Å². The molecule has 0 aromatic carbocycles. The highest BCUT2D eigenvalue weighted by Crippen LogP contribution is 1.86. The van der Waals surface area contributed by atoms with Crippen molar-refractivity contribution in [2.24, 2.45) is 0 Å². The first-order valence-corrected chi connectivity index (χ1v) is 6.86. The molecular weight excluding hydrogens is 292 g/mol. The number of hydrogen-bond donors (Lipinski definition) is 0. The maximum atomic E-state index is 10.8. The van der Waals surface area contributed by atoms with Gasteiger partial charge in [-0.2, -0.15) is 0 Å². The molecule has 0 bridgehead atoms. The Morgan fingerprint density at radius 3 is 1.70 bits per heavy atom. The van der Waals surface area contributed by atoms with Crippen molar-refractivity contribution in [2.45, 2.75) is 0 Å². The van der Waals surface area contributed by atoms with Gasteiger partial charge in [0.05, 0.1) is 52.9 Å². The molecule has 0 rings (SSSR count). The van der Waals surface area contributed by atoms with E-state index in [0.29, 0.717) is 52.9 Å². The van der Waals surface area contributed by atoms with Crippen LogP contribution in [-0.2, 0) is 33.2 Å². The minimum atomic E-state index is -0.489. The zero-order valence-electron chi connectivity index (χ0n) is 11.8. The van der Waals surface area contributed by atoms with Gasteiger partial charge in [0.2, 0.25) is 0 Å². The predicted molar refractivity (Wildman–Crippen MR) is 72.0 cm³/mol. The number of esters is 1. The van der Waals surface area contributed by atoms with E-state index < -0.39 is 5.97 Å². The Balaban J connectivity index is 3.01. The number of methoxy groups -OCH3 is 1. The number of carbonyl (C=O) groups is 1. The molecule has 0 aliphatic heterocycles. The quantitative estimate of drug-likeness (QED) is 0.247. The van der Waals surface area contributed by atoms with Gasteiger partial charge < -0.3 is 28.4 Å². The van der Waals surface area contributed by atoms with Gasteiger partial charge in [-0.1, -0.05) is 11.6 Å². The lowest BCUT2D eigenvalue weighted by molar-refractivity contribution is -0.147. The fourth-order valence-electron chi connectivity index (χ4n) is 1.06. The maximum absolute atomic E-state index is 10.8. The molecule has 0 aliphatic rings. The Hall–Kier alpha value is -0.440. The summed E-state index contributed by atoms with van der Waals surface area (Å²) in [7, 11) is 1.63.